The third-order valence-corrected chi connectivity index (χ3v) is 3.43. The van der Waals surface area contributed by atoms with Crippen LogP contribution >= 0.6 is 11.6 Å². The summed E-state index contributed by atoms with van der Waals surface area (Å²) in [5, 5.41) is 8.84. The van der Waals surface area contributed by atoms with Crippen molar-refractivity contribution in [1.29, 1.82) is 0 Å². The highest BCUT2D eigenvalue weighted by atomic mass is 35.5. The summed E-state index contributed by atoms with van der Waals surface area (Å²) >= 11 is 5.10. The molecule has 1 fully saturated rings. The third kappa shape index (κ3) is 1.52. The molecule has 102 valence electrons. The lowest BCUT2D eigenvalue weighted by Gasteiger charge is -2.54. The van der Waals surface area contributed by atoms with E-state index in [1.807, 2.05) is 5.92 Å². The molecule has 1 nitrogen and oxygen atoms in total. The summed E-state index contributed by atoms with van der Waals surface area (Å²) < 4.78 is 65.3. The van der Waals surface area contributed by atoms with Crippen LogP contribution in [0.25, 0.3) is 0 Å². The molecule has 0 bridgehead atoms. The van der Waals surface area contributed by atoms with Gasteiger partial charge in [-0.05, 0) is 12.1 Å². The highest BCUT2D eigenvalue weighted by Gasteiger charge is 2.97. The smallest absolute Gasteiger partial charge is 0.355 e. The van der Waals surface area contributed by atoms with Crippen molar-refractivity contribution in [2.45, 2.75) is 22.6 Å². The molecular formula is C12H6ClF5O. The van der Waals surface area contributed by atoms with E-state index in [4.69, 9.17) is 16.7 Å². The highest BCUT2D eigenvalue weighted by molar-refractivity contribution is 6.29. The Morgan fingerprint density at radius 3 is 1.95 bits per heavy atom. The largest absolute Gasteiger partial charge is 0.373 e. The van der Waals surface area contributed by atoms with E-state index in [0.29, 0.717) is 0 Å². The zero-order valence-corrected chi connectivity index (χ0v) is 9.86. The van der Waals surface area contributed by atoms with Crippen molar-refractivity contribution in [1.82, 2.24) is 0 Å². The Kier molecular flexibility index (Phi) is 2.85. The van der Waals surface area contributed by atoms with E-state index in [2.05, 4.69) is 0 Å². The van der Waals surface area contributed by atoms with Crippen LogP contribution in [0.2, 0.25) is 0 Å². The van der Waals surface area contributed by atoms with Gasteiger partial charge in [0.25, 0.3) is 0 Å². The molecule has 2 rings (SSSR count). The van der Waals surface area contributed by atoms with Crippen molar-refractivity contribution in [2.24, 2.45) is 0 Å². The average Bonchev–Trinajstić information content (AvgIpc) is 2.35. The molecule has 2 atom stereocenters. The molecule has 1 saturated carbocycles. The predicted octanol–water partition coefficient (Wildman–Crippen LogP) is 2.96. The summed E-state index contributed by atoms with van der Waals surface area (Å²) in [6.07, 6.45) is 0. The average molecular weight is 297 g/mol. The molecule has 19 heavy (non-hydrogen) atoms. The van der Waals surface area contributed by atoms with Gasteiger partial charge in [-0.1, -0.05) is 41.6 Å². The van der Waals surface area contributed by atoms with Gasteiger partial charge in [-0.2, -0.15) is 17.6 Å². The van der Waals surface area contributed by atoms with E-state index in [-0.39, 0.29) is 5.56 Å². The van der Waals surface area contributed by atoms with E-state index in [1.54, 1.807) is 6.07 Å². The Labute approximate surface area is 110 Å². The second-order valence-electron chi connectivity index (χ2n) is 4.05. The molecular weight excluding hydrogens is 291 g/mol. The fourth-order valence-electron chi connectivity index (χ4n) is 1.63. The summed E-state index contributed by atoms with van der Waals surface area (Å²) in [4.78, 5) is -3.68. The summed E-state index contributed by atoms with van der Waals surface area (Å²) in [5.74, 6) is -11.3. The molecule has 1 N–H and O–H groups in total. The zero-order chi connectivity index (χ0) is 14.5. The number of hydrogen-bond donors (Lipinski definition) is 1. The van der Waals surface area contributed by atoms with Gasteiger partial charge >= 0.3 is 17.7 Å². The quantitative estimate of drug-likeness (QED) is 0.443. The van der Waals surface area contributed by atoms with Gasteiger partial charge in [-0.15, -0.1) is 0 Å². The molecule has 1 aromatic rings. The van der Waals surface area contributed by atoms with Crippen LogP contribution in [-0.2, 0) is 0 Å². The lowest BCUT2D eigenvalue weighted by Crippen LogP contribution is -2.85. The molecule has 1 aromatic carbocycles. The Morgan fingerprint density at radius 2 is 1.47 bits per heavy atom. The first kappa shape index (κ1) is 14.1. The first-order valence-corrected chi connectivity index (χ1v) is 5.40. The fraction of sp³-hybridized carbons (Fsp3) is 0.333. The molecule has 0 spiro atoms. The van der Waals surface area contributed by atoms with Crippen LogP contribution in [0.3, 0.4) is 0 Å². The molecule has 0 aliphatic heterocycles. The van der Waals surface area contributed by atoms with Crippen LogP contribution in [0.4, 0.5) is 22.0 Å². The van der Waals surface area contributed by atoms with E-state index in [0.717, 1.165) is 0 Å². The molecule has 0 radical (unpaired) electrons. The topological polar surface area (TPSA) is 20.2 Å². The number of aliphatic hydroxyl groups is 1. The normalized spacial score (nSPS) is 34.9. The van der Waals surface area contributed by atoms with Crippen molar-refractivity contribution < 1.29 is 27.1 Å². The maximum atomic E-state index is 13.3. The second kappa shape index (κ2) is 3.84. The number of alkyl halides is 6. The number of hydrogen-bond acceptors (Lipinski definition) is 1. The second-order valence-corrected chi connectivity index (χ2v) is 4.61. The van der Waals surface area contributed by atoms with Gasteiger partial charge in [0.1, 0.15) is 0 Å². The van der Waals surface area contributed by atoms with Gasteiger partial charge in [-0.25, -0.2) is 4.39 Å². The van der Waals surface area contributed by atoms with E-state index in [1.165, 1.54) is 30.2 Å². The summed E-state index contributed by atoms with van der Waals surface area (Å²) in [6, 6.07) is 7.42. The standard InChI is InChI=1S/C12H6ClF5O/c13-9(7-6-8-4-2-1-3-5-8)10(14,15)11(16,17)12(9,18)19/h1-5,19H. The number of halogens is 6. The van der Waals surface area contributed by atoms with E-state index >= 15 is 0 Å². The van der Waals surface area contributed by atoms with Crippen molar-refractivity contribution in [2.75, 3.05) is 0 Å². The molecule has 0 aromatic heterocycles. The van der Waals surface area contributed by atoms with Crippen molar-refractivity contribution in [3.05, 3.63) is 35.9 Å². The van der Waals surface area contributed by atoms with Crippen molar-refractivity contribution in [3.8, 4) is 11.8 Å². The van der Waals surface area contributed by atoms with Crippen LogP contribution in [0.1, 0.15) is 5.56 Å². The lowest BCUT2D eigenvalue weighted by atomic mass is 9.70. The minimum absolute atomic E-state index is 0.171. The lowest BCUT2D eigenvalue weighted by molar-refractivity contribution is -0.433. The van der Waals surface area contributed by atoms with Crippen LogP contribution in [-0.4, -0.2) is 27.7 Å². The van der Waals surface area contributed by atoms with E-state index in [9.17, 15) is 22.0 Å². The summed E-state index contributed by atoms with van der Waals surface area (Å²) in [5.41, 5.74) is 0.171. The zero-order valence-electron chi connectivity index (χ0n) is 9.10. The van der Waals surface area contributed by atoms with Gasteiger partial charge in [0, 0.05) is 5.56 Å². The maximum Gasteiger partial charge on any atom is 0.373 e. The molecule has 0 heterocycles. The fourth-order valence-corrected chi connectivity index (χ4v) is 1.91. The molecule has 1 aliphatic rings. The van der Waals surface area contributed by atoms with Crippen LogP contribution in [0, 0.1) is 11.8 Å². The first-order valence-electron chi connectivity index (χ1n) is 5.02. The third-order valence-electron chi connectivity index (χ3n) is 2.85. The van der Waals surface area contributed by atoms with Crippen LogP contribution in [0.5, 0.6) is 0 Å². The molecule has 1 aliphatic carbocycles. The first-order chi connectivity index (χ1) is 8.58. The number of benzene rings is 1. The highest BCUT2D eigenvalue weighted by Crippen LogP contribution is 2.67. The minimum Gasteiger partial charge on any atom is -0.355 e. The van der Waals surface area contributed by atoms with Crippen LogP contribution < -0.4 is 0 Å². The Balaban J connectivity index is 2.43. The van der Waals surface area contributed by atoms with Gasteiger partial charge in [0.15, 0.2) is 0 Å². The molecule has 0 amide bonds. The van der Waals surface area contributed by atoms with Crippen LogP contribution in [0.15, 0.2) is 30.3 Å². The minimum atomic E-state index is -5.28. The van der Waals surface area contributed by atoms with Gasteiger partial charge < -0.3 is 5.11 Å². The monoisotopic (exact) mass is 296 g/mol. The molecule has 2 unspecified atom stereocenters. The van der Waals surface area contributed by atoms with E-state index < -0.39 is 22.6 Å². The Bertz CT molecular complexity index is 540. The van der Waals surface area contributed by atoms with Gasteiger partial charge in [0.2, 0.25) is 4.87 Å². The maximum absolute atomic E-state index is 13.3. The number of rotatable bonds is 0. The van der Waals surface area contributed by atoms with Crippen molar-refractivity contribution in [3.63, 3.8) is 0 Å². The summed E-state index contributed by atoms with van der Waals surface area (Å²) in [7, 11) is 0. The van der Waals surface area contributed by atoms with Crippen molar-refractivity contribution >= 4 is 11.6 Å². The van der Waals surface area contributed by atoms with Gasteiger partial charge in [0.05, 0.1) is 0 Å². The predicted molar refractivity (Wildman–Crippen MR) is 57.9 cm³/mol. The Morgan fingerprint density at radius 1 is 0.947 bits per heavy atom. The van der Waals surface area contributed by atoms with Gasteiger partial charge in [-0.3, -0.25) is 0 Å². The Hall–Kier alpha value is -1.32. The molecule has 0 saturated heterocycles. The molecule has 7 heteroatoms. The SMILES string of the molecule is OC1(F)C(F)(F)C(F)(F)C1(Cl)C#Cc1ccccc1. The summed E-state index contributed by atoms with van der Waals surface area (Å²) in [6.45, 7) is 0.